The Morgan fingerprint density at radius 2 is 2.29 bits per heavy atom. The van der Waals surface area contributed by atoms with E-state index in [1.54, 1.807) is 16.9 Å². The van der Waals surface area contributed by atoms with Crippen LogP contribution in [0.4, 0.5) is 5.82 Å². The molecule has 3 rings (SSSR count). The van der Waals surface area contributed by atoms with Crippen LogP contribution in [-0.4, -0.2) is 49.3 Å². The highest BCUT2D eigenvalue weighted by atomic mass is 16.3. The van der Waals surface area contributed by atoms with Gasteiger partial charge in [0.1, 0.15) is 0 Å². The van der Waals surface area contributed by atoms with Gasteiger partial charge < -0.3 is 10.0 Å². The van der Waals surface area contributed by atoms with Crippen molar-refractivity contribution in [2.75, 3.05) is 18.1 Å². The molecule has 90 valence electrons. The fraction of sp³-hybridized carbons (Fsp3) is 0.600. The third-order valence-electron chi connectivity index (χ3n) is 3.24. The van der Waals surface area contributed by atoms with Crippen LogP contribution in [0.2, 0.25) is 0 Å². The molecule has 0 unspecified atom stereocenters. The van der Waals surface area contributed by atoms with Gasteiger partial charge in [-0.15, -0.1) is 5.10 Å². The third kappa shape index (κ3) is 1.72. The lowest BCUT2D eigenvalue weighted by Gasteiger charge is -2.38. The Kier molecular flexibility index (Phi) is 2.60. The third-order valence-corrected chi connectivity index (χ3v) is 3.24. The summed E-state index contributed by atoms with van der Waals surface area (Å²) in [5, 5.41) is 20.6. The molecular weight excluding hydrogens is 220 g/mol. The zero-order chi connectivity index (χ0) is 11.7. The Balaban J connectivity index is 2.01. The van der Waals surface area contributed by atoms with Gasteiger partial charge in [-0.1, -0.05) is 0 Å². The molecule has 0 atom stereocenters. The van der Waals surface area contributed by atoms with Gasteiger partial charge in [-0.05, 0) is 29.7 Å². The summed E-state index contributed by atoms with van der Waals surface area (Å²) in [5.74, 6) is 0.853. The van der Waals surface area contributed by atoms with E-state index in [1.807, 2.05) is 0 Å². The second kappa shape index (κ2) is 4.25. The number of tetrazole rings is 1. The van der Waals surface area contributed by atoms with Crippen molar-refractivity contribution < 1.29 is 5.11 Å². The molecule has 1 aliphatic rings. The maximum atomic E-state index is 9.17. The van der Waals surface area contributed by atoms with Crippen molar-refractivity contribution in [3.8, 4) is 0 Å². The van der Waals surface area contributed by atoms with Crippen molar-refractivity contribution in [3.63, 3.8) is 0 Å². The minimum absolute atomic E-state index is 0.120. The van der Waals surface area contributed by atoms with Crippen molar-refractivity contribution in [2.24, 2.45) is 0 Å². The average Bonchev–Trinajstić information content (AvgIpc) is 2.73. The summed E-state index contributed by atoms with van der Waals surface area (Å²) in [6.45, 7) is 0.709. The molecule has 0 radical (unpaired) electrons. The molecule has 0 saturated heterocycles. The van der Waals surface area contributed by atoms with Crippen LogP contribution in [-0.2, 0) is 0 Å². The first kappa shape index (κ1) is 10.4. The van der Waals surface area contributed by atoms with Gasteiger partial charge >= 0.3 is 0 Å². The summed E-state index contributed by atoms with van der Waals surface area (Å²) in [4.78, 5) is 6.28. The molecule has 0 bridgehead atoms. The number of anilines is 1. The lowest BCUT2D eigenvalue weighted by molar-refractivity contribution is 0.282. The van der Waals surface area contributed by atoms with Crippen molar-refractivity contribution in [1.29, 1.82) is 0 Å². The smallest absolute Gasteiger partial charge is 0.199 e. The van der Waals surface area contributed by atoms with Gasteiger partial charge in [-0.3, -0.25) is 4.98 Å². The lowest BCUT2D eigenvalue weighted by atomic mass is 9.91. The first-order chi connectivity index (χ1) is 8.40. The van der Waals surface area contributed by atoms with E-state index in [9.17, 15) is 0 Å². The van der Waals surface area contributed by atoms with Crippen molar-refractivity contribution in [2.45, 2.75) is 25.3 Å². The number of aliphatic hydroxyl groups is 1. The number of nitrogens with zero attached hydrogens (tertiary/aromatic N) is 6. The predicted octanol–water partition coefficient (Wildman–Crippen LogP) is -0.130. The van der Waals surface area contributed by atoms with Crippen LogP contribution in [0.15, 0.2) is 12.4 Å². The quantitative estimate of drug-likeness (QED) is 0.794. The van der Waals surface area contributed by atoms with Gasteiger partial charge in [0.25, 0.3) is 0 Å². The molecule has 2 aromatic heterocycles. The van der Waals surface area contributed by atoms with Crippen LogP contribution < -0.4 is 4.90 Å². The highest BCUT2D eigenvalue weighted by Gasteiger charge is 2.26. The van der Waals surface area contributed by atoms with E-state index in [4.69, 9.17) is 5.11 Å². The summed E-state index contributed by atoms with van der Waals surface area (Å²) < 4.78 is 1.67. The van der Waals surface area contributed by atoms with Crippen LogP contribution >= 0.6 is 0 Å². The molecule has 0 aliphatic heterocycles. The van der Waals surface area contributed by atoms with E-state index in [1.165, 1.54) is 6.42 Å². The van der Waals surface area contributed by atoms with Gasteiger partial charge in [-0.2, -0.15) is 4.52 Å². The van der Waals surface area contributed by atoms with Crippen LogP contribution in [0.5, 0.6) is 0 Å². The minimum Gasteiger partial charge on any atom is -0.395 e. The molecule has 7 heteroatoms. The average molecular weight is 234 g/mol. The number of aliphatic hydroxyl groups excluding tert-OH is 1. The fourth-order valence-electron chi connectivity index (χ4n) is 2.15. The lowest BCUT2D eigenvalue weighted by Crippen LogP contribution is -2.43. The highest BCUT2D eigenvalue weighted by Crippen LogP contribution is 2.28. The molecular formula is C10H14N6O. The molecule has 1 fully saturated rings. The second-order valence-corrected chi connectivity index (χ2v) is 4.22. The zero-order valence-electron chi connectivity index (χ0n) is 9.40. The monoisotopic (exact) mass is 234 g/mol. The molecule has 1 N–H and O–H groups in total. The minimum atomic E-state index is 0.120. The van der Waals surface area contributed by atoms with E-state index in [0.717, 1.165) is 18.7 Å². The van der Waals surface area contributed by atoms with E-state index in [2.05, 4.69) is 25.4 Å². The van der Waals surface area contributed by atoms with Crippen LogP contribution in [0.1, 0.15) is 19.3 Å². The van der Waals surface area contributed by atoms with E-state index < -0.39 is 0 Å². The molecule has 17 heavy (non-hydrogen) atoms. The molecule has 0 aromatic carbocycles. The zero-order valence-corrected chi connectivity index (χ0v) is 9.40. The molecule has 1 aliphatic carbocycles. The molecule has 0 spiro atoms. The molecule has 2 heterocycles. The number of aromatic nitrogens is 5. The van der Waals surface area contributed by atoms with Gasteiger partial charge in [0.05, 0.1) is 19.0 Å². The Bertz CT molecular complexity index is 508. The standard InChI is InChI=1S/C10H14N6O/c17-5-4-15(8-2-1-3-8)10-7-11-6-9-12-13-14-16(9)10/h6-8,17H,1-5H2. The van der Waals surface area contributed by atoms with Crippen molar-refractivity contribution in [1.82, 2.24) is 25.0 Å². The number of hydrogen-bond acceptors (Lipinski definition) is 6. The van der Waals surface area contributed by atoms with Crippen molar-refractivity contribution in [3.05, 3.63) is 12.4 Å². The first-order valence-corrected chi connectivity index (χ1v) is 5.80. The molecule has 7 nitrogen and oxygen atoms in total. The van der Waals surface area contributed by atoms with Gasteiger partial charge in [-0.25, -0.2) is 0 Å². The Labute approximate surface area is 98.1 Å². The SMILES string of the molecule is OCCN(c1cncc2nnnn12)C1CCC1. The molecule has 2 aromatic rings. The summed E-state index contributed by atoms with van der Waals surface area (Å²) in [7, 11) is 0. The maximum absolute atomic E-state index is 9.17. The van der Waals surface area contributed by atoms with Gasteiger partial charge in [0, 0.05) is 12.6 Å². The summed E-state index contributed by atoms with van der Waals surface area (Å²) in [6.07, 6.45) is 6.92. The van der Waals surface area contributed by atoms with Crippen LogP contribution in [0, 0.1) is 0 Å². The van der Waals surface area contributed by atoms with E-state index in [0.29, 0.717) is 18.2 Å². The van der Waals surface area contributed by atoms with Gasteiger partial charge in [0.2, 0.25) is 0 Å². The van der Waals surface area contributed by atoms with Gasteiger partial charge in [0.15, 0.2) is 11.5 Å². The van der Waals surface area contributed by atoms with Crippen LogP contribution in [0.25, 0.3) is 5.65 Å². The van der Waals surface area contributed by atoms with E-state index in [-0.39, 0.29) is 6.61 Å². The Hall–Kier alpha value is -1.76. The molecule has 1 saturated carbocycles. The second-order valence-electron chi connectivity index (χ2n) is 4.22. The topological polar surface area (TPSA) is 79.4 Å². The van der Waals surface area contributed by atoms with Crippen LogP contribution in [0.3, 0.4) is 0 Å². The predicted molar refractivity (Wildman–Crippen MR) is 60.6 cm³/mol. The number of rotatable bonds is 4. The molecule has 0 amide bonds. The number of fused-ring (bicyclic) bond motifs is 1. The number of hydrogen-bond donors (Lipinski definition) is 1. The largest absolute Gasteiger partial charge is 0.395 e. The summed E-state index contributed by atoms with van der Waals surface area (Å²) >= 11 is 0. The van der Waals surface area contributed by atoms with E-state index >= 15 is 0 Å². The summed E-state index contributed by atoms with van der Waals surface area (Å²) in [6, 6.07) is 0.471. The highest BCUT2D eigenvalue weighted by molar-refractivity contribution is 5.47. The Morgan fingerprint density at radius 1 is 1.41 bits per heavy atom. The normalized spacial score (nSPS) is 16.1. The summed E-state index contributed by atoms with van der Waals surface area (Å²) in [5.41, 5.74) is 0.629. The van der Waals surface area contributed by atoms with Crippen molar-refractivity contribution >= 4 is 11.5 Å². The Morgan fingerprint density at radius 3 is 3.00 bits per heavy atom. The maximum Gasteiger partial charge on any atom is 0.199 e. The first-order valence-electron chi connectivity index (χ1n) is 5.80. The fourth-order valence-corrected chi connectivity index (χ4v) is 2.15.